The second-order valence-corrected chi connectivity index (χ2v) is 4.13. The topological polar surface area (TPSA) is 80.4 Å². The molecule has 4 heteroatoms. The van der Waals surface area contributed by atoms with Crippen LogP contribution in [0.4, 0.5) is 5.69 Å². The van der Waals surface area contributed by atoms with Gasteiger partial charge in [-0.1, -0.05) is 42.5 Å². The van der Waals surface area contributed by atoms with Gasteiger partial charge >= 0.3 is 5.97 Å². The van der Waals surface area contributed by atoms with Gasteiger partial charge in [0.25, 0.3) is 0 Å². The minimum absolute atomic E-state index is 0.235. The van der Waals surface area contributed by atoms with E-state index in [4.69, 9.17) is 5.73 Å². The number of hydrogen-bond donors (Lipinski definition) is 2. The maximum atomic E-state index is 12.3. The van der Waals surface area contributed by atoms with Crippen LogP contribution in [-0.2, 0) is 4.79 Å². The third-order valence-electron chi connectivity index (χ3n) is 2.87. The van der Waals surface area contributed by atoms with E-state index in [0.29, 0.717) is 5.56 Å². The number of ketones is 1. The van der Waals surface area contributed by atoms with Gasteiger partial charge in [0.15, 0.2) is 5.78 Å². The van der Waals surface area contributed by atoms with Gasteiger partial charge in [-0.2, -0.15) is 0 Å². The minimum Gasteiger partial charge on any atom is -0.480 e. The van der Waals surface area contributed by atoms with E-state index < -0.39 is 17.7 Å². The van der Waals surface area contributed by atoms with Crippen LogP contribution in [0.2, 0.25) is 0 Å². The number of anilines is 1. The molecule has 0 amide bonds. The Balaban J connectivity index is 2.44. The van der Waals surface area contributed by atoms with Crippen LogP contribution in [0.3, 0.4) is 0 Å². The molecular formula is C15H13NO3. The summed E-state index contributed by atoms with van der Waals surface area (Å²) >= 11 is 0. The summed E-state index contributed by atoms with van der Waals surface area (Å²) in [7, 11) is 0. The molecule has 0 spiro atoms. The lowest BCUT2D eigenvalue weighted by atomic mass is 9.90. The largest absolute Gasteiger partial charge is 0.480 e. The Kier molecular flexibility index (Phi) is 3.61. The number of rotatable bonds is 4. The second-order valence-electron chi connectivity index (χ2n) is 4.13. The van der Waals surface area contributed by atoms with E-state index in [1.807, 2.05) is 0 Å². The number of carboxylic acid groups (broad SMARTS) is 1. The number of nitrogen functional groups attached to an aromatic ring is 1. The minimum atomic E-state index is -1.23. The molecule has 96 valence electrons. The summed E-state index contributed by atoms with van der Waals surface area (Å²) in [6, 6.07) is 14.9. The number of nitrogens with two attached hydrogens (primary N) is 1. The first-order valence-electron chi connectivity index (χ1n) is 5.77. The quantitative estimate of drug-likeness (QED) is 0.499. The third-order valence-corrected chi connectivity index (χ3v) is 2.87. The van der Waals surface area contributed by atoms with Crippen LogP contribution >= 0.6 is 0 Å². The van der Waals surface area contributed by atoms with Crippen molar-refractivity contribution in [3.05, 3.63) is 65.7 Å². The Morgan fingerprint density at radius 3 is 2.11 bits per heavy atom. The predicted octanol–water partition coefficient (Wildman–Crippen LogP) is 2.32. The lowest BCUT2D eigenvalue weighted by Gasteiger charge is -2.13. The molecule has 0 aromatic heterocycles. The molecule has 2 aromatic rings. The van der Waals surface area contributed by atoms with E-state index in [1.165, 1.54) is 6.07 Å². The Morgan fingerprint density at radius 1 is 0.947 bits per heavy atom. The first kappa shape index (κ1) is 12.8. The number of benzene rings is 2. The van der Waals surface area contributed by atoms with Gasteiger partial charge in [0.1, 0.15) is 5.92 Å². The normalized spacial score (nSPS) is 11.8. The number of para-hydroxylation sites is 1. The van der Waals surface area contributed by atoms with E-state index in [2.05, 4.69) is 0 Å². The van der Waals surface area contributed by atoms with Crippen molar-refractivity contribution in [1.29, 1.82) is 0 Å². The summed E-state index contributed by atoms with van der Waals surface area (Å²) in [5.41, 5.74) is 6.69. The molecule has 0 aliphatic heterocycles. The standard InChI is InChI=1S/C15H13NO3/c16-12-9-5-4-8-11(12)14(17)13(15(18)19)10-6-2-1-3-7-10/h1-9,13H,16H2,(H,18,19). The SMILES string of the molecule is Nc1ccccc1C(=O)C(C(=O)O)c1ccccc1. The zero-order valence-corrected chi connectivity index (χ0v) is 10.1. The molecule has 3 N–H and O–H groups in total. The molecule has 19 heavy (non-hydrogen) atoms. The molecule has 2 aromatic carbocycles. The fraction of sp³-hybridized carbons (Fsp3) is 0.0667. The highest BCUT2D eigenvalue weighted by molar-refractivity contribution is 6.14. The van der Waals surface area contributed by atoms with Crippen molar-refractivity contribution >= 4 is 17.4 Å². The zero-order chi connectivity index (χ0) is 13.8. The van der Waals surface area contributed by atoms with Crippen LogP contribution in [0.1, 0.15) is 21.8 Å². The van der Waals surface area contributed by atoms with Crippen molar-refractivity contribution in [3.63, 3.8) is 0 Å². The van der Waals surface area contributed by atoms with Crippen molar-refractivity contribution in [1.82, 2.24) is 0 Å². The molecule has 0 saturated carbocycles. The van der Waals surface area contributed by atoms with Crippen LogP contribution in [0, 0.1) is 0 Å². The number of carboxylic acids is 1. The number of hydrogen-bond acceptors (Lipinski definition) is 3. The average Bonchev–Trinajstić information content (AvgIpc) is 2.40. The summed E-state index contributed by atoms with van der Waals surface area (Å²) in [4.78, 5) is 23.7. The van der Waals surface area contributed by atoms with Gasteiger partial charge < -0.3 is 10.8 Å². The highest BCUT2D eigenvalue weighted by Gasteiger charge is 2.29. The van der Waals surface area contributed by atoms with Crippen molar-refractivity contribution in [2.45, 2.75) is 5.92 Å². The summed E-state index contributed by atoms with van der Waals surface area (Å²) < 4.78 is 0. The Labute approximate surface area is 110 Å². The third kappa shape index (κ3) is 2.63. The Morgan fingerprint density at radius 2 is 1.53 bits per heavy atom. The molecule has 2 rings (SSSR count). The fourth-order valence-corrected chi connectivity index (χ4v) is 1.93. The molecule has 0 saturated heterocycles. The zero-order valence-electron chi connectivity index (χ0n) is 10.1. The van der Waals surface area contributed by atoms with E-state index in [1.54, 1.807) is 48.5 Å². The first-order valence-corrected chi connectivity index (χ1v) is 5.77. The highest BCUT2D eigenvalue weighted by Crippen LogP contribution is 2.24. The Hall–Kier alpha value is -2.62. The molecule has 4 nitrogen and oxygen atoms in total. The molecule has 0 fully saturated rings. The van der Waals surface area contributed by atoms with Crippen molar-refractivity contribution in [2.24, 2.45) is 0 Å². The van der Waals surface area contributed by atoms with Crippen molar-refractivity contribution in [3.8, 4) is 0 Å². The average molecular weight is 255 g/mol. The highest BCUT2D eigenvalue weighted by atomic mass is 16.4. The van der Waals surface area contributed by atoms with Gasteiger partial charge in [-0.3, -0.25) is 9.59 Å². The number of carbonyl (C=O) groups excluding carboxylic acids is 1. The molecule has 0 radical (unpaired) electrons. The van der Waals surface area contributed by atoms with Crippen LogP contribution in [-0.4, -0.2) is 16.9 Å². The number of aliphatic carboxylic acids is 1. The van der Waals surface area contributed by atoms with E-state index in [9.17, 15) is 14.7 Å². The van der Waals surface area contributed by atoms with Crippen molar-refractivity contribution < 1.29 is 14.7 Å². The molecule has 0 aliphatic carbocycles. The van der Waals surface area contributed by atoms with E-state index in [-0.39, 0.29) is 11.3 Å². The summed E-state index contributed by atoms with van der Waals surface area (Å²) in [5, 5.41) is 9.29. The smallest absolute Gasteiger partial charge is 0.318 e. The maximum Gasteiger partial charge on any atom is 0.318 e. The lowest BCUT2D eigenvalue weighted by Crippen LogP contribution is -2.22. The van der Waals surface area contributed by atoms with Gasteiger partial charge in [-0.25, -0.2) is 0 Å². The van der Waals surface area contributed by atoms with Crippen LogP contribution in [0.5, 0.6) is 0 Å². The van der Waals surface area contributed by atoms with Gasteiger partial charge in [-0.15, -0.1) is 0 Å². The molecule has 1 unspecified atom stereocenters. The van der Waals surface area contributed by atoms with Gasteiger partial charge in [0.05, 0.1) is 0 Å². The summed E-state index contributed by atoms with van der Waals surface area (Å²) in [6.07, 6.45) is 0. The Bertz CT molecular complexity index is 608. The maximum absolute atomic E-state index is 12.3. The van der Waals surface area contributed by atoms with E-state index in [0.717, 1.165) is 0 Å². The monoisotopic (exact) mass is 255 g/mol. The van der Waals surface area contributed by atoms with Gasteiger partial charge in [0, 0.05) is 11.3 Å². The molecular weight excluding hydrogens is 242 g/mol. The van der Waals surface area contributed by atoms with Gasteiger partial charge in [0.2, 0.25) is 0 Å². The van der Waals surface area contributed by atoms with E-state index >= 15 is 0 Å². The predicted molar refractivity (Wildman–Crippen MR) is 72.0 cm³/mol. The molecule has 0 bridgehead atoms. The number of Topliss-reactive ketones (excluding diaryl/α,β-unsaturated/α-hetero) is 1. The van der Waals surface area contributed by atoms with Gasteiger partial charge in [-0.05, 0) is 17.7 Å². The second kappa shape index (κ2) is 5.35. The van der Waals surface area contributed by atoms with Crippen molar-refractivity contribution in [2.75, 3.05) is 5.73 Å². The lowest BCUT2D eigenvalue weighted by molar-refractivity contribution is -0.137. The van der Waals surface area contributed by atoms with Crippen LogP contribution in [0.25, 0.3) is 0 Å². The fourth-order valence-electron chi connectivity index (χ4n) is 1.93. The van der Waals surface area contributed by atoms with Crippen LogP contribution in [0.15, 0.2) is 54.6 Å². The first-order chi connectivity index (χ1) is 9.11. The summed E-state index contributed by atoms with van der Waals surface area (Å²) in [5.74, 6) is -2.91. The summed E-state index contributed by atoms with van der Waals surface area (Å²) in [6.45, 7) is 0. The number of carbonyl (C=O) groups is 2. The molecule has 1 atom stereocenters. The molecule has 0 heterocycles. The molecule has 0 aliphatic rings. The van der Waals surface area contributed by atoms with Crippen LogP contribution < -0.4 is 5.73 Å².